The van der Waals surface area contributed by atoms with Crippen molar-refractivity contribution in [3.8, 4) is 0 Å². The molecule has 2 N–H and O–H groups in total. The van der Waals surface area contributed by atoms with E-state index in [-0.39, 0.29) is 12.4 Å². The Bertz CT molecular complexity index is 269. The second-order valence-corrected chi connectivity index (χ2v) is 3.45. The summed E-state index contributed by atoms with van der Waals surface area (Å²) >= 11 is 3.25. The van der Waals surface area contributed by atoms with Crippen LogP contribution in [0.25, 0.3) is 0 Å². The number of rotatable bonds is 3. The van der Waals surface area contributed by atoms with Gasteiger partial charge in [-0.3, -0.25) is 0 Å². The van der Waals surface area contributed by atoms with E-state index in [9.17, 15) is 4.39 Å². The topological polar surface area (TPSA) is 35.2 Å². The third-order valence-electron chi connectivity index (χ3n) is 1.82. The largest absolute Gasteiger partial charge is 0.375 e. The van der Waals surface area contributed by atoms with Gasteiger partial charge in [0.1, 0.15) is 5.82 Å². The Morgan fingerprint density at radius 2 is 2.31 bits per heavy atom. The molecule has 0 aliphatic heterocycles. The standard InChI is InChI=1S/C9H11BrFNO/c1-13-8(5-12)9-6(10)3-2-4-7(9)11/h2-4,8H,5,12H2,1H3. The van der Waals surface area contributed by atoms with Gasteiger partial charge in [-0.2, -0.15) is 0 Å². The molecule has 0 saturated heterocycles. The molecule has 2 nitrogen and oxygen atoms in total. The van der Waals surface area contributed by atoms with Gasteiger partial charge in [0.2, 0.25) is 0 Å². The molecule has 13 heavy (non-hydrogen) atoms. The van der Waals surface area contributed by atoms with Crippen LogP contribution in [-0.4, -0.2) is 13.7 Å². The zero-order valence-corrected chi connectivity index (χ0v) is 8.84. The third-order valence-corrected chi connectivity index (χ3v) is 2.51. The lowest BCUT2D eigenvalue weighted by molar-refractivity contribution is 0.106. The highest BCUT2D eigenvalue weighted by atomic mass is 79.9. The molecule has 72 valence electrons. The van der Waals surface area contributed by atoms with E-state index < -0.39 is 6.10 Å². The Morgan fingerprint density at radius 3 is 2.77 bits per heavy atom. The lowest BCUT2D eigenvalue weighted by Crippen LogP contribution is -2.16. The van der Waals surface area contributed by atoms with Gasteiger partial charge in [0.25, 0.3) is 0 Å². The van der Waals surface area contributed by atoms with E-state index in [0.717, 1.165) is 0 Å². The van der Waals surface area contributed by atoms with Gasteiger partial charge in [-0.05, 0) is 12.1 Å². The maximum Gasteiger partial charge on any atom is 0.130 e. The molecule has 0 aliphatic carbocycles. The lowest BCUT2D eigenvalue weighted by atomic mass is 10.1. The Kier molecular flexibility index (Phi) is 3.84. The number of halogens is 2. The lowest BCUT2D eigenvalue weighted by Gasteiger charge is -2.15. The number of methoxy groups -OCH3 is 1. The molecule has 0 spiro atoms. The summed E-state index contributed by atoms with van der Waals surface area (Å²) < 4.78 is 19.0. The SMILES string of the molecule is COC(CN)c1c(F)cccc1Br. The predicted molar refractivity (Wildman–Crippen MR) is 52.9 cm³/mol. The van der Waals surface area contributed by atoms with Crippen LogP contribution >= 0.6 is 15.9 Å². The zero-order valence-electron chi connectivity index (χ0n) is 7.26. The Balaban J connectivity index is 3.10. The highest BCUT2D eigenvalue weighted by molar-refractivity contribution is 9.10. The van der Waals surface area contributed by atoms with Gasteiger partial charge in [-0.1, -0.05) is 22.0 Å². The zero-order chi connectivity index (χ0) is 9.84. The van der Waals surface area contributed by atoms with Crippen molar-refractivity contribution in [1.82, 2.24) is 0 Å². The van der Waals surface area contributed by atoms with Gasteiger partial charge >= 0.3 is 0 Å². The molecule has 0 aliphatic rings. The van der Waals surface area contributed by atoms with Crippen LogP contribution in [0.2, 0.25) is 0 Å². The van der Waals surface area contributed by atoms with Crippen molar-refractivity contribution in [2.24, 2.45) is 5.73 Å². The first-order chi connectivity index (χ1) is 6.20. The quantitative estimate of drug-likeness (QED) is 0.890. The molecule has 0 radical (unpaired) electrons. The number of nitrogens with two attached hydrogens (primary N) is 1. The van der Waals surface area contributed by atoms with E-state index in [1.54, 1.807) is 12.1 Å². The molecule has 4 heteroatoms. The van der Waals surface area contributed by atoms with Crippen LogP contribution in [0.1, 0.15) is 11.7 Å². The summed E-state index contributed by atoms with van der Waals surface area (Å²) in [6.07, 6.45) is -0.393. The summed E-state index contributed by atoms with van der Waals surface area (Å²) in [5.74, 6) is -0.299. The summed E-state index contributed by atoms with van der Waals surface area (Å²) in [4.78, 5) is 0. The van der Waals surface area contributed by atoms with Crippen LogP contribution in [-0.2, 0) is 4.74 Å². The first-order valence-corrected chi connectivity index (χ1v) is 4.66. The van der Waals surface area contributed by atoms with E-state index >= 15 is 0 Å². The van der Waals surface area contributed by atoms with Crippen LogP contribution in [0, 0.1) is 5.82 Å². The molecule has 0 amide bonds. The molecule has 1 aromatic rings. The van der Waals surface area contributed by atoms with Crippen molar-refractivity contribution in [3.05, 3.63) is 34.1 Å². The van der Waals surface area contributed by atoms with E-state index in [2.05, 4.69) is 15.9 Å². The minimum atomic E-state index is -0.393. The minimum Gasteiger partial charge on any atom is -0.375 e. The summed E-state index contributed by atoms with van der Waals surface area (Å²) in [7, 11) is 1.51. The normalized spacial score (nSPS) is 12.9. The molecule has 1 aromatic carbocycles. The monoisotopic (exact) mass is 247 g/mol. The van der Waals surface area contributed by atoms with E-state index in [1.807, 2.05) is 0 Å². The van der Waals surface area contributed by atoms with E-state index in [4.69, 9.17) is 10.5 Å². The van der Waals surface area contributed by atoms with Gasteiger partial charge in [0, 0.05) is 23.7 Å². The summed E-state index contributed by atoms with van der Waals surface area (Å²) in [5.41, 5.74) is 5.92. The fraction of sp³-hybridized carbons (Fsp3) is 0.333. The molecule has 1 unspecified atom stereocenters. The molecule has 0 aromatic heterocycles. The molecule has 0 saturated carbocycles. The van der Waals surface area contributed by atoms with E-state index in [0.29, 0.717) is 10.0 Å². The van der Waals surface area contributed by atoms with Gasteiger partial charge in [-0.15, -0.1) is 0 Å². The average molecular weight is 248 g/mol. The van der Waals surface area contributed by atoms with Crippen LogP contribution < -0.4 is 5.73 Å². The van der Waals surface area contributed by atoms with Crippen molar-refractivity contribution in [2.75, 3.05) is 13.7 Å². The Labute approximate surface area is 85.0 Å². The van der Waals surface area contributed by atoms with Crippen molar-refractivity contribution in [3.63, 3.8) is 0 Å². The molecule has 0 bridgehead atoms. The Hall–Kier alpha value is -0.450. The average Bonchev–Trinajstić information content (AvgIpc) is 2.11. The molecular formula is C9H11BrFNO. The first kappa shape index (κ1) is 10.6. The molecule has 0 heterocycles. The fourth-order valence-corrected chi connectivity index (χ4v) is 1.75. The number of hydrogen-bond acceptors (Lipinski definition) is 2. The summed E-state index contributed by atoms with van der Waals surface area (Å²) in [6.45, 7) is 0.260. The van der Waals surface area contributed by atoms with E-state index in [1.165, 1.54) is 13.2 Å². The maximum absolute atomic E-state index is 13.3. The predicted octanol–water partition coefficient (Wildman–Crippen LogP) is 2.23. The van der Waals surface area contributed by atoms with Gasteiger partial charge < -0.3 is 10.5 Å². The molecule has 1 atom stereocenters. The van der Waals surface area contributed by atoms with Gasteiger partial charge in [0.05, 0.1) is 6.10 Å². The molecular weight excluding hydrogens is 237 g/mol. The van der Waals surface area contributed by atoms with Crippen molar-refractivity contribution < 1.29 is 9.13 Å². The van der Waals surface area contributed by atoms with Crippen LogP contribution in [0.3, 0.4) is 0 Å². The van der Waals surface area contributed by atoms with Crippen LogP contribution in [0.4, 0.5) is 4.39 Å². The maximum atomic E-state index is 13.3. The first-order valence-electron chi connectivity index (χ1n) is 3.87. The minimum absolute atomic E-state index is 0.260. The van der Waals surface area contributed by atoms with Crippen molar-refractivity contribution >= 4 is 15.9 Å². The highest BCUT2D eigenvalue weighted by Crippen LogP contribution is 2.27. The number of hydrogen-bond donors (Lipinski definition) is 1. The van der Waals surface area contributed by atoms with Crippen molar-refractivity contribution in [1.29, 1.82) is 0 Å². The summed E-state index contributed by atoms with van der Waals surface area (Å²) in [5, 5.41) is 0. The highest BCUT2D eigenvalue weighted by Gasteiger charge is 2.16. The fourth-order valence-electron chi connectivity index (χ4n) is 1.15. The van der Waals surface area contributed by atoms with Gasteiger partial charge in [0.15, 0.2) is 0 Å². The van der Waals surface area contributed by atoms with Crippen LogP contribution in [0.15, 0.2) is 22.7 Å². The molecule has 0 fully saturated rings. The number of benzene rings is 1. The van der Waals surface area contributed by atoms with Crippen molar-refractivity contribution in [2.45, 2.75) is 6.10 Å². The molecule has 1 rings (SSSR count). The van der Waals surface area contributed by atoms with Gasteiger partial charge in [-0.25, -0.2) is 4.39 Å². The second-order valence-electron chi connectivity index (χ2n) is 2.60. The second kappa shape index (κ2) is 4.69. The third kappa shape index (κ3) is 2.27. The Morgan fingerprint density at radius 1 is 1.62 bits per heavy atom. The smallest absolute Gasteiger partial charge is 0.130 e. The summed E-state index contributed by atoms with van der Waals surface area (Å²) in [6, 6.07) is 4.79. The number of ether oxygens (including phenoxy) is 1. The van der Waals surface area contributed by atoms with Crippen LogP contribution in [0.5, 0.6) is 0 Å².